The van der Waals surface area contributed by atoms with Crippen molar-refractivity contribution in [2.45, 2.75) is 24.7 Å². The average molecular weight is 264 g/mol. The number of hydrogen-bond acceptors (Lipinski definition) is 6. The van der Waals surface area contributed by atoms with Crippen molar-refractivity contribution in [1.82, 2.24) is 14.8 Å². The van der Waals surface area contributed by atoms with E-state index in [1.54, 1.807) is 6.92 Å². The molecule has 1 aromatic rings. The first-order chi connectivity index (χ1) is 7.91. The number of ether oxygens (including phenoxy) is 2. The highest BCUT2D eigenvalue weighted by Crippen LogP contribution is 2.16. The van der Waals surface area contributed by atoms with Crippen LogP contribution in [0.25, 0.3) is 0 Å². The largest absolute Gasteiger partial charge is 0.383 e. The molecule has 0 aliphatic rings. The SMILES string of the molecule is COCCn1c(C(C)OC)nnc1S(N)(=O)=O. The molecule has 0 aliphatic heterocycles. The second-order valence-corrected chi connectivity index (χ2v) is 4.86. The molecule has 0 aliphatic carbocycles. The average Bonchev–Trinajstić information content (AvgIpc) is 2.68. The Morgan fingerprint density at radius 3 is 2.53 bits per heavy atom. The van der Waals surface area contributed by atoms with E-state index in [2.05, 4.69) is 10.2 Å². The topological polar surface area (TPSA) is 109 Å². The van der Waals surface area contributed by atoms with E-state index in [1.165, 1.54) is 18.8 Å². The molecule has 2 N–H and O–H groups in total. The zero-order valence-corrected chi connectivity index (χ0v) is 10.8. The smallest absolute Gasteiger partial charge is 0.273 e. The molecular formula is C8H16N4O4S. The van der Waals surface area contributed by atoms with E-state index in [-0.39, 0.29) is 17.8 Å². The lowest BCUT2D eigenvalue weighted by Gasteiger charge is -2.12. The van der Waals surface area contributed by atoms with Crippen LogP contribution in [0.1, 0.15) is 18.9 Å². The predicted molar refractivity (Wildman–Crippen MR) is 58.7 cm³/mol. The minimum Gasteiger partial charge on any atom is -0.383 e. The highest BCUT2D eigenvalue weighted by Gasteiger charge is 2.23. The zero-order valence-electron chi connectivity index (χ0n) is 9.95. The fraction of sp³-hybridized carbons (Fsp3) is 0.750. The number of sulfonamides is 1. The Bertz CT molecular complexity index is 470. The number of aromatic nitrogens is 3. The van der Waals surface area contributed by atoms with Gasteiger partial charge in [-0.25, -0.2) is 13.6 Å². The van der Waals surface area contributed by atoms with Gasteiger partial charge < -0.3 is 9.47 Å². The summed E-state index contributed by atoms with van der Waals surface area (Å²) in [5.41, 5.74) is 0. The van der Waals surface area contributed by atoms with Gasteiger partial charge in [-0.1, -0.05) is 0 Å². The van der Waals surface area contributed by atoms with Gasteiger partial charge in [-0.05, 0) is 6.92 Å². The first-order valence-corrected chi connectivity index (χ1v) is 6.44. The van der Waals surface area contributed by atoms with E-state index < -0.39 is 10.0 Å². The molecule has 0 spiro atoms. The summed E-state index contributed by atoms with van der Waals surface area (Å²) < 4.78 is 34.0. The van der Waals surface area contributed by atoms with Crippen LogP contribution in [0.3, 0.4) is 0 Å². The molecule has 0 saturated carbocycles. The van der Waals surface area contributed by atoms with Gasteiger partial charge in [0.25, 0.3) is 15.2 Å². The van der Waals surface area contributed by atoms with Gasteiger partial charge in [-0.15, -0.1) is 10.2 Å². The number of methoxy groups -OCH3 is 2. The Hall–Kier alpha value is -1.03. The van der Waals surface area contributed by atoms with Crippen molar-refractivity contribution in [3.05, 3.63) is 5.82 Å². The Morgan fingerprint density at radius 1 is 1.41 bits per heavy atom. The van der Waals surface area contributed by atoms with E-state index in [0.29, 0.717) is 12.4 Å². The van der Waals surface area contributed by atoms with Gasteiger partial charge in [-0.3, -0.25) is 4.57 Å². The number of nitrogens with zero attached hydrogens (tertiary/aromatic N) is 3. The fourth-order valence-corrected chi connectivity index (χ4v) is 1.96. The van der Waals surface area contributed by atoms with Crippen LogP contribution in [0.5, 0.6) is 0 Å². The molecule has 0 aromatic carbocycles. The number of primary sulfonamides is 1. The summed E-state index contributed by atoms with van der Waals surface area (Å²) in [6, 6.07) is 0. The first-order valence-electron chi connectivity index (χ1n) is 4.89. The number of nitrogens with two attached hydrogens (primary N) is 1. The third kappa shape index (κ3) is 3.22. The zero-order chi connectivity index (χ0) is 13.1. The lowest BCUT2D eigenvalue weighted by molar-refractivity contribution is 0.105. The van der Waals surface area contributed by atoms with Gasteiger partial charge in [0.05, 0.1) is 13.2 Å². The molecule has 1 heterocycles. The molecule has 1 aromatic heterocycles. The second-order valence-electron chi connectivity index (χ2n) is 3.41. The summed E-state index contributed by atoms with van der Waals surface area (Å²) in [5, 5.41) is 12.1. The molecule has 0 bridgehead atoms. The van der Waals surface area contributed by atoms with Crippen LogP contribution in [0, 0.1) is 0 Å². The van der Waals surface area contributed by atoms with E-state index in [1.807, 2.05) is 0 Å². The standard InChI is InChI=1S/C8H16N4O4S/c1-6(16-3)7-10-11-8(17(9,13)14)12(7)4-5-15-2/h6H,4-5H2,1-3H3,(H2,9,13,14). The summed E-state index contributed by atoms with van der Waals surface area (Å²) in [5.74, 6) is 0.397. The van der Waals surface area contributed by atoms with Crippen molar-refractivity contribution in [1.29, 1.82) is 0 Å². The number of rotatable bonds is 6. The van der Waals surface area contributed by atoms with E-state index in [9.17, 15) is 8.42 Å². The molecule has 9 heteroatoms. The monoisotopic (exact) mass is 264 g/mol. The minimum atomic E-state index is -3.91. The summed E-state index contributed by atoms with van der Waals surface area (Å²) in [6.45, 7) is 2.35. The van der Waals surface area contributed by atoms with Crippen LogP contribution in [-0.2, 0) is 26.0 Å². The highest BCUT2D eigenvalue weighted by molar-refractivity contribution is 7.89. The van der Waals surface area contributed by atoms with Gasteiger partial charge in [0.2, 0.25) is 0 Å². The lowest BCUT2D eigenvalue weighted by atomic mass is 10.4. The molecule has 0 radical (unpaired) electrons. The Kier molecular flexibility index (Phi) is 4.57. The quantitative estimate of drug-likeness (QED) is 0.726. The molecular weight excluding hydrogens is 248 g/mol. The maximum Gasteiger partial charge on any atom is 0.273 e. The van der Waals surface area contributed by atoms with Gasteiger partial charge in [0.1, 0.15) is 6.10 Å². The normalized spacial score (nSPS) is 13.9. The van der Waals surface area contributed by atoms with Crippen LogP contribution in [-0.4, -0.2) is 44.0 Å². The minimum absolute atomic E-state index is 0.284. The van der Waals surface area contributed by atoms with Crippen molar-refractivity contribution in [3.63, 3.8) is 0 Å². The summed E-state index contributed by atoms with van der Waals surface area (Å²) >= 11 is 0. The van der Waals surface area contributed by atoms with Crippen molar-refractivity contribution in [2.24, 2.45) is 5.14 Å². The Morgan fingerprint density at radius 2 is 2.06 bits per heavy atom. The van der Waals surface area contributed by atoms with Gasteiger partial charge in [0, 0.05) is 14.2 Å². The van der Waals surface area contributed by atoms with Crippen molar-refractivity contribution < 1.29 is 17.9 Å². The van der Waals surface area contributed by atoms with E-state index in [0.717, 1.165) is 0 Å². The predicted octanol–water partition coefficient (Wildman–Crippen LogP) is -0.721. The van der Waals surface area contributed by atoms with Crippen LogP contribution in [0.4, 0.5) is 0 Å². The van der Waals surface area contributed by atoms with Crippen LogP contribution in [0.2, 0.25) is 0 Å². The third-order valence-electron chi connectivity index (χ3n) is 2.24. The van der Waals surface area contributed by atoms with Crippen molar-refractivity contribution >= 4 is 10.0 Å². The van der Waals surface area contributed by atoms with Gasteiger partial charge in [-0.2, -0.15) is 0 Å². The Labute approximate surface area is 99.8 Å². The van der Waals surface area contributed by atoms with Crippen LogP contribution >= 0.6 is 0 Å². The molecule has 1 unspecified atom stereocenters. The summed E-state index contributed by atoms with van der Waals surface area (Å²) in [4.78, 5) is 0. The molecule has 0 fully saturated rings. The fourth-order valence-electron chi connectivity index (χ4n) is 1.31. The second kappa shape index (κ2) is 5.54. The molecule has 0 saturated heterocycles. The molecule has 17 heavy (non-hydrogen) atoms. The highest BCUT2D eigenvalue weighted by atomic mass is 32.2. The Balaban J connectivity index is 3.20. The van der Waals surface area contributed by atoms with Gasteiger partial charge >= 0.3 is 0 Å². The summed E-state index contributed by atoms with van der Waals surface area (Å²) in [6.07, 6.45) is -0.380. The van der Waals surface area contributed by atoms with Crippen molar-refractivity contribution in [2.75, 3.05) is 20.8 Å². The maximum absolute atomic E-state index is 11.3. The third-order valence-corrected chi connectivity index (χ3v) is 3.05. The molecule has 0 amide bonds. The first kappa shape index (κ1) is 14.0. The van der Waals surface area contributed by atoms with Crippen LogP contribution < -0.4 is 5.14 Å². The summed E-state index contributed by atoms with van der Waals surface area (Å²) in [7, 11) is -0.896. The molecule has 8 nitrogen and oxygen atoms in total. The van der Waals surface area contributed by atoms with E-state index in [4.69, 9.17) is 14.6 Å². The lowest BCUT2D eigenvalue weighted by Crippen LogP contribution is -2.21. The molecule has 1 rings (SSSR count). The van der Waals surface area contributed by atoms with Gasteiger partial charge in [0.15, 0.2) is 5.82 Å². The van der Waals surface area contributed by atoms with Crippen LogP contribution in [0.15, 0.2) is 5.16 Å². The van der Waals surface area contributed by atoms with Crippen molar-refractivity contribution in [3.8, 4) is 0 Å². The molecule has 98 valence electrons. The van der Waals surface area contributed by atoms with E-state index >= 15 is 0 Å². The maximum atomic E-state index is 11.3. The molecule has 1 atom stereocenters. The number of hydrogen-bond donors (Lipinski definition) is 1.